The molecule has 2 rings (SSSR count). The summed E-state index contributed by atoms with van der Waals surface area (Å²) in [5.41, 5.74) is 1.39. The third-order valence-corrected chi connectivity index (χ3v) is 3.10. The largest absolute Gasteiger partial charge is 0.141 e. The Morgan fingerprint density at radius 2 is 2.17 bits per heavy atom. The van der Waals surface area contributed by atoms with Gasteiger partial charge >= 0.3 is 0 Å². The molecule has 12 heavy (non-hydrogen) atoms. The normalized spacial score (nSPS) is 21.5. The van der Waals surface area contributed by atoms with Crippen molar-refractivity contribution in [3.8, 4) is 0 Å². The summed E-state index contributed by atoms with van der Waals surface area (Å²) in [6, 6.07) is 4.38. The van der Waals surface area contributed by atoms with Crippen LogP contribution in [-0.4, -0.2) is 0 Å². The van der Waals surface area contributed by atoms with Gasteiger partial charge in [0.05, 0.1) is 0 Å². The first-order valence-corrected chi connectivity index (χ1v) is 5.04. The van der Waals surface area contributed by atoms with Gasteiger partial charge < -0.3 is 0 Å². The summed E-state index contributed by atoms with van der Waals surface area (Å²) in [5.74, 6) is 0.613. The van der Waals surface area contributed by atoms with Gasteiger partial charge in [0.1, 0.15) is 0 Å². The predicted molar refractivity (Wildman–Crippen MR) is 55.3 cm³/mol. The van der Waals surface area contributed by atoms with E-state index >= 15 is 0 Å². The molecular weight excluding hydrogens is 164 g/mol. The Morgan fingerprint density at radius 3 is 2.67 bits per heavy atom. The first kappa shape index (κ1) is 7.81. The van der Waals surface area contributed by atoms with E-state index in [0.717, 1.165) is 0 Å². The lowest BCUT2D eigenvalue weighted by Gasteiger charge is -1.92. The first-order chi connectivity index (χ1) is 5.75. The molecule has 1 aliphatic rings. The van der Waals surface area contributed by atoms with Gasteiger partial charge in [-0.15, -0.1) is 11.3 Å². The molecule has 0 saturated heterocycles. The summed E-state index contributed by atoms with van der Waals surface area (Å²) in [6.45, 7) is 4.36. The van der Waals surface area contributed by atoms with Gasteiger partial charge in [0.25, 0.3) is 0 Å². The number of thiophene rings is 1. The van der Waals surface area contributed by atoms with Crippen LogP contribution < -0.4 is 0 Å². The van der Waals surface area contributed by atoms with Gasteiger partial charge in [0.2, 0.25) is 0 Å². The van der Waals surface area contributed by atoms with Crippen LogP contribution in [0.1, 0.15) is 16.7 Å². The van der Waals surface area contributed by atoms with Gasteiger partial charge in [-0.25, -0.2) is 0 Å². The van der Waals surface area contributed by atoms with E-state index in [4.69, 9.17) is 0 Å². The molecule has 0 spiro atoms. The zero-order valence-corrected chi connectivity index (χ0v) is 8.19. The van der Waals surface area contributed by atoms with Crippen LogP contribution >= 0.6 is 11.3 Å². The average molecular weight is 176 g/mol. The molecule has 0 bridgehead atoms. The lowest BCUT2D eigenvalue weighted by molar-refractivity contribution is 0.959. The highest BCUT2D eigenvalue weighted by Gasteiger charge is 2.07. The maximum atomic E-state index is 2.31. The highest BCUT2D eigenvalue weighted by molar-refractivity contribution is 7.13. The molecule has 1 aromatic heterocycles. The van der Waals surface area contributed by atoms with Crippen molar-refractivity contribution in [2.24, 2.45) is 5.92 Å². The van der Waals surface area contributed by atoms with Crippen molar-refractivity contribution in [3.05, 3.63) is 40.1 Å². The van der Waals surface area contributed by atoms with Crippen molar-refractivity contribution in [2.45, 2.75) is 13.8 Å². The molecule has 1 aromatic rings. The van der Waals surface area contributed by atoms with Crippen LogP contribution in [0, 0.1) is 12.8 Å². The lowest BCUT2D eigenvalue weighted by atomic mass is 10.2. The molecule has 1 heteroatoms. The second kappa shape index (κ2) is 2.91. The van der Waals surface area contributed by atoms with Crippen molar-refractivity contribution in [1.29, 1.82) is 0 Å². The van der Waals surface area contributed by atoms with E-state index in [1.54, 1.807) is 0 Å². The Bertz CT molecular complexity index is 342. The van der Waals surface area contributed by atoms with Crippen LogP contribution in [0.4, 0.5) is 0 Å². The Hall–Kier alpha value is -0.820. The van der Waals surface area contributed by atoms with Crippen molar-refractivity contribution in [2.75, 3.05) is 0 Å². The van der Waals surface area contributed by atoms with Crippen LogP contribution in [0.5, 0.6) is 0 Å². The maximum absolute atomic E-state index is 2.31. The molecule has 62 valence electrons. The molecule has 0 fully saturated rings. The van der Waals surface area contributed by atoms with E-state index in [0.29, 0.717) is 5.92 Å². The average Bonchev–Trinajstić information content (AvgIpc) is 2.58. The second-order valence-corrected chi connectivity index (χ2v) is 4.54. The van der Waals surface area contributed by atoms with E-state index in [1.807, 2.05) is 11.3 Å². The van der Waals surface area contributed by atoms with Gasteiger partial charge in [-0.2, -0.15) is 0 Å². The molecule has 0 aliphatic heterocycles. The Morgan fingerprint density at radius 1 is 1.33 bits per heavy atom. The van der Waals surface area contributed by atoms with E-state index < -0.39 is 0 Å². The summed E-state index contributed by atoms with van der Waals surface area (Å²) in [6.07, 6.45) is 6.77. The Kier molecular flexibility index (Phi) is 1.89. The highest BCUT2D eigenvalue weighted by Crippen LogP contribution is 2.29. The molecule has 1 aliphatic carbocycles. The molecular formula is C11H12S. The quantitative estimate of drug-likeness (QED) is 0.612. The maximum Gasteiger partial charge on any atom is 0.0342 e. The minimum Gasteiger partial charge on any atom is -0.141 e. The fraction of sp³-hybridized carbons (Fsp3) is 0.273. The second-order valence-electron chi connectivity index (χ2n) is 3.25. The highest BCUT2D eigenvalue weighted by atomic mass is 32.1. The third kappa shape index (κ3) is 1.37. The van der Waals surface area contributed by atoms with Crippen molar-refractivity contribution in [1.82, 2.24) is 0 Å². The van der Waals surface area contributed by atoms with Gasteiger partial charge in [0, 0.05) is 9.75 Å². The molecule has 1 heterocycles. The van der Waals surface area contributed by atoms with Crippen LogP contribution in [0.3, 0.4) is 0 Å². The molecule has 0 amide bonds. The topological polar surface area (TPSA) is 0 Å². The van der Waals surface area contributed by atoms with E-state index in [9.17, 15) is 0 Å². The Labute approximate surface area is 77.2 Å². The lowest BCUT2D eigenvalue weighted by Crippen LogP contribution is -1.74. The van der Waals surface area contributed by atoms with Crippen molar-refractivity contribution >= 4 is 16.9 Å². The molecule has 1 atom stereocenters. The molecule has 0 N–H and O–H groups in total. The van der Waals surface area contributed by atoms with Crippen molar-refractivity contribution in [3.63, 3.8) is 0 Å². The number of allylic oxidation sites excluding steroid dienone is 4. The zero-order chi connectivity index (χ0) is 8.55. The van der Waals surface area contributed by atoms with Crippen LogP contribution in [0.2, 0.25) is 0 Å². The van der Waals surface area contributed by atoms with Crippen LogP contribution in [0.25, 0.3) is 5.57 Å². The summed E-state index contributed by atoms with van der Waals surface area (Å²) in [4.78, 5) is 2.78. The number of hydrogen-bond acceptors (Lipinski definition) is 1. The minimum atomic E-state index is 0.613. The monoisotopic (exact) mass is 176 g/mol. The van der Waals surface area contributed by atoms with Gasteiger partial charge in [-0.05, 0) is 30.5 Å². The number of rotatable bonds is 1. The number of aryl methyl sites for hydroxylation is 1. The van der Waals surface area contributed by atoms with Gasteiger partial charge in [-0.1, -0.05) is 25.2 Å². The van der Waals surface area contributed by atoms with Gasteiger partial charge in [-0.3, -0.25) is 0 Å². The Balaban J connectivity index is 2.33. The third-order valence-electron chi connectivity index (χ3n) is 2.05. The van der Waals surface area contributed by atoms with Crippen molar-refractivity contribution < 1.29 is 0 Å². The van der Waals surface area contributed by atoms with E-state index in [1.165, 1.54) is 15.3 Å². The fourth-order valence-electron chi connectivity index (χ4n) is 1.40. The molecule has 1 unspecified atom stereocenters. The smallest absolute Gasteiger partial charge is 0.0342 e. The summed E-state index contributed by atoms with van der Waals surface area (Å²) in [7, 11) is 0. The fourth-order valence-corrected chi connectivity index (χ4v) is 2.28. The number of hydrogen-bond donors (Lipinski definition) is 0. The molecule has 0 radical (unpaired) electrons. The van der Waals surface area contributed by atoms with Crippen LogP contribution in [-0.2, 0) is 0 Å². The van der Waals surface area contributed by atoms with E-state index in [-0.39, 0.29) is 0 Å². The first-order valence-electron chi connectivity index (χ1n) is 4.22. The zero-order valence-electron chi connectivity index (χ0n) is 7.37. The van der Waals surface area contributed by atoms with E-state index in [2.05, 4.69) is 44.2 Å². The standard InChI is InChI=1S/C11H12S/c1-8-3-5-10(7-8)11-6-4-9(2)12-11/h3-8H,1-2H3. The predicted octanol–water partition coefficient (Wildman–Crippen LogP) is 3.65. The van der Waals surface area contributed by atoms with Gasteiger partial charge in [0.15, 0.2) is 0 Å². The van der Waals surface area contributed by atoms with Crippen LogP contribution in [0.15, 0.2) is 30.4 Å². The molecule has 0 saturated carbocycles. The summed E-state index contributed by atoms with van der Waals surface area (Å²) < 4.78 is 0. The summed E-state index contributed by atoms with van der Waals surface area (Å²) >= 11 is 1.87. The molecule has 0 nitrogen and oxygen atoms in total. The molecule has 0 aromatic carbocycles. The SMILES string of the molecule is Cc1ccc(C2=CC(C)C=C2)s1. The summed E-state index contributed by atoms with van der Waals surface area (Å²) in [5, 5.41) is 0. The minimum absolute atomic E-state index is 0.613.